The van der Waals surface area contributed by atoms with Crippen molar-refractivity contribution in [3.05, 3.63) is 49.3 Å². The van der Waals surface area contributed by atoms with Crippen LogP contribution in [0.25, 0.3) is 28.2 Å². The Morgan fingerprint density at radius 2 is 1.91 bits per heavy atom. The van der Waals surface area contributed by atoms with Gasteiger partial charge in [0.25, 0.3) is 0 Å². The largest absolute Gasteiger partial charge is 0.481 e. The summed E-state index contributed by atoms with van der Waals surface area (Å²) in [7, 11) is 0. The number of rotatable bonds is 5. The molecule has 7 rings (SSSR count). The van der Waals surface area contributed by atoms with Crippen molar-refractivity contribution in [1.82, 2.24) is 29.5 Å². The van der Waals surface area contributed by atoms with Crippen LogP contribution in [0.15, 0.2) is 49.3 Å². The van der Waals surface area contributed by atoms with Crippen LogP contribution in [0.1, 0.15) is 25.7 Å². The molecule has 0 radical (unpaired) electrons. The summed E-state index contributed by atoms with van der Waals surface area (Å²) in [6.45, 7) is 0. The molecule has 3 fully saturated rings. The van der Waals surface area contributed by atoms with E-state index < -0.39 is 11.9 Å². The van der Waals surface area contributed by atoms with Crippen LogP contribution in [0.4, 0.5) is 5.82 Å². The van der Waals surface area contributed by atoms with Crippen LogP contribution in [0.2, 0.25) is 0 Å². The smallest absolute Gasteiger partial charge is 0.308 e. The highest BCUT2D eigenvalue weighted by molar-refractivity contribution is 5.91. The van der Waals surface area contributed by atoms with Gasteiger partial charge < -0.3 is 20.0 Å². The number of H-pyrrole nitrogens is 1. The maximum atomic E-state index is 12.1. The Balaban J connectivity index is 1.44. The van der Waals surface area contributed by atoms with Gasteiger partial charge in [-0.25, -0.2) is 19.9 Å². The number of carboxylic acids is 1. The number of carboxylic acid groups (broad SMARTS) is 1. The maximum Gasteiger partial charge on any atom is 0.308 e. The molecule has 3 saturated carbocycles. The number of anilines is 1. The number of aromatic nitrogens is 6. The van der Waals surface area contributed by atoms with Crippen molar-refractivity contribution in [3.8, 4) is 17.2 Å². The van der Waals surface area contributed by atoms with Crippen molar-refractivity contribution in [3.63, 3.8) is 0 Å². The zero-order chi connectivity index (χ0) is 21.7. The number of fused-ring (bicyclic) bond motifs is 4. The molecule has 3 aliphatic rings. The zero-order valence-electron chi connectivity index (χ0n) is 17.3. The van der Waals surface area contributed by atoms with Gasteiger partial charge in [0.15, 0.2) is 5.82 Å². The molecule has 2 atom stereocenters. The van der Waals surface area contributed by atoms with E-state index in [-0.39, 0.29) is 12.0 Å². The molecule has 162 valence electrons. The van der Waals surface area contributed by atoms with Gasteiger partial charge in [0.1, 0.15) is 23.6 Å². The first-order valence-corrected chi connectivity index (χ1v) is 11.0. The molecule has 4 aromatic rings. The molecule has 3 N–H and O–H groups in total. The van der Waals surface area contributed by atoms with Crippen molar-refractivity contribution in [2.45, 2.75) is 31.7 Å². The summed E-state index contributed by atoms with van der Waals surface area (Å²) >= 11 is 0. The molecule has 0 amide bonds. The minimum Gasteiger partial charge on any atom is -0.481 e. The molecule has 4 heterocycles. The lowest BCUT2D eigenvalue weighted by Gasteiger charge is -2.47. The third-order valence-corrected chi connectivity index (χ3v) is 7.00. The average Bonchev–Trinajstić information content (AvgIpc) is 3.50. The number of hydrogen-bond donors (Lipinski definition) is 3. The van der Waals surface area contributed by atoms with Gasteiger partial charge >= 0.3 is 5.97 Å². The Hall–Kier alpha value is -3.75. The van der Waals surface area contributed by atoms with Crippen LogP contribution in [-0.4, -0.2) is 46.6 Å². The summed E-state index contributed by atoms with van der Waals surface area (Å²) < 4.78 is 1.92. The molecule has 2 bridgehead atoms. The van der Waals surface area contributed by atoms with Crippen molar-refractivity contribution in [2.75, 3.05) is 5.32 Å². The van der Waals surface area contributed by atoms with Crippen LogP contribution >= 0.6 is 0 Å². The fraction of sp³-hybridized carbons (Fsp3) is 0.348. The second-order valence-corrected chi connectivity index (χ2v) is 8.72. The van der Waals surface area contributed by atoms with E-state index in [2.05, 4.69) is 20.3 Å². The summed E-state index contributed by atoms with van der Waals surface area (Å²) in [5.41, 5.74) is 1.52. The van der Waals surface area contributed by atoms with Gasteiger partial charge in [0.05, 0.1) is 5.92 Å². The van der Waals surface area contributed by atoms with E-state index in [1.165, 1.54) is 6.33 Å². The summed E-state index contributed by atoms with van der Waals surface area (Å²) in [6.07, 6.45) is 13.1. The lowest BCUT2D eigenvalue weighted by atomic mass is 9.61. The normalized spacial score (nSPS) is 24.6. The first kappa shape index (κ1) is 19.0. The minimum absolute atomic E-state index is 0.133. The molecular formula is C23H23N7O2. The molecule has 32 heavy (non-hydrogen) atoms. The van der Waals surface area contributed by atoms with Crippen LogP contribution in [0, 0.1) is 17.8 Å². The molecule has 0 aliphatic heterocycles. The van der Waals surface area contributed by atoms with E-state index >= 15 is 0 Å². The quantitative estimate of drug-likeness (QED) is 0.444. The number of nitrogens with one attached hydrogen (secondary N) is 2. The number of carbonyl (C=O) groups is 1. The fourth-order valence-electron chi connectivity index (χ4n) is 5.48. The molecule has 2 unspecified atom stereocenters. The predicted octanol–water partition coefficient (Wildman–Crippen LogP) is 3.51. The van der Waals surface area contributed by atoms with E-state index in [0.717, 1.165) is 42.3 Å². The maximum absolute atomic E-state index is 12.1. The summed E-state index contributed by atoms with van der Waals surface area (Å²) in [4.78, 5) is 33.2. The van der Waals surface area contributed by atoms with Crippen molar-refractivity contribution in [2.24, 2.45) is 17.8 Å². The topological polar surface area (TPSA) is 122 Å². The van der Waals surface area contributed by atoms with E-state index in [1.54, 1.807) is 6.20 Å². The molecule has 3 aliphatic carbocycles. The van der Waals surface area contributed by atoms with Gasteiger partial charge in [0, 0.05) is 47.8 Å². The third-order valence-electron chi connectivity index (χ3n) is 7.00. The van der Waals surface area contributed by atoms with Gasteiger partial charge in [0.2, 0.25) is 0 Å². The van der Waals surface area contributed by atoms with E-state index in [4.69, 9.17) is 9.97 Å². The fourth-order valence-corrected chi connectivity index (χ4v) is 5.48. The van der Waals surface area contributed by atoms with Crippen molar-refractivity contribution in [1.29, 1.82) is 0 Å². The van der Waals surface area contributed by atoms with Crippen molar-refractivity contribution < 1.29 is 9.90 Å². The SMILES string of the molecule is O=C(O)C1C2CCC(CC2)C1Nc1cc(-n2cccc2)nc(-c2c[nH]c3ncncc23)n1. The summed E-state index contributed by atoms with van der Waals surface area (Å²) in [5.74, 6) is 1.34. The van der Waals surface area contributed by atoms with Crippen LogP contribution in [0.5, 0.6) is 0 Å². The molecule has 9 nitrogen and oxygen atoms in total. The highest BCUT2D eigenvalue weighted by atomic mass is 16.4. The number of aromatic amines is 1. The van der Waals surface area contributed by atoms with Crippen LogP contribution < -0.4 is 5.32 Å². The third kappa shape index (κ3) is 3.12. The number of hydrogen-bond acceptors (Lipinski definition) is 6. The molecule has 0 aromatic carbocycles. The molecular weight excluding hydrogens is 406 g/mol. The molecule has 9 heteroatoms. The van der Waals surface area contributed by atoms with E-state index in [1.807, 2.05) is 41.4 Å². The Morgan fingerprint density at radius 1 is 1.12 bits per heavy atom. The second-order valence-electron chi connectivity index (χ2n) is 8.72. The number of aliphatic carboxylic acids is 1. The standard InChI is InChI=1S/C23H23N7O2/c31-23(32)19-13-3-5-14(6-4-13)20(19)27-17-9-18(30-7-1-2-8-30)29-22(28-17)16-11-25-21-15(16)10-24-12-26-21/h1-2,7-14,19-20H,3-6H2,(H,31,32)(H,24,25,26)(H,27,28,29). The first-order valence-electron chi connectivity index (χ1n) is 11.0. The van der Waals surface area contributed by atoms with Gasteiger partial charge in [-0.3, -0.25) is 4.79 Å². The lowest BCUT2D eigenvalue weighted by Crippen LogP contribution is -2.51. The van der Waals surface area contributed by atoms with Gasteiger partial charge in [-0.15, -0.1) is 0 Å². The van der Waals surface area contributed by atoms with Crippen molar-refractivity contribution >= 4 is 22.8 Å². The van der Waals surface area contributed by atoms with Crippen LogP contribution in [0.3, 0.4) is 0 Å². The first-order chi connectivity index (χ1) is 15.7. The van der Waals surface area contributed by atoms with Gasteiger partial charge in [-0.05, 0) is 49.7 Å². The average molecular weight is 429 g/mol. The highest BCUT2D eigenvalue weighted by Crippen LogP contribution is 2.46. The van der Waals surface area contributed by atoms with E-state index in [0.29, 0.717) is 23.4 Å². The molecule has 4 aromatic heterocycles. The number of nitrogens with zero attached hydrogens (tertiary/aromatic N) is 5. The zero-order valence-corrected chi connectivity index (χ0v) is 17.3. The Labute approximate surface area is 184 Å². The Bertz CT molecular complexity index is 1270. The molecule has 0 spiro atoms. The van der Waals surface area contributed by atoms with Gasteiger partial charge in [-0.1, -0.05) is 0 Å². The predicted molar refractivity (Wildman–Crippen MR) is 118 cm³/mol. The lowest BCUT2D eigenvalue weighted by molar-refractivity contribution is -0.148. The highest BCUT2D eigenvalue weighted by Gasteiger charge is 2.47. The second kappa shape index (κ2) is 7.44. The molecule has 0 saturated heterocycles. The van der Waals surface area contributed by atoms with Crippen LogP contribution in [-0.2, 0) is 4.79 Å². The Kier molecular flexibility index (Phi) is 4.41. The summed E-state index contributed by atoms with van der Waals surface area (Å²) in [6, 6.07) is 5.63. The Morgan fingerprint density at radius 3 is 2.69 bits per heavy atom. The van der Waals surface area contributed by atoms with E-state index in [9.17, 15) is 9.90 Å². The van der Waals surface area contributed by atoms with Gasteiger partial charge in [-0.2, -0.15) is 0 Å². The summed E-state index contributed by atoms with van der Waals surface area (Å²) in [5, 5.41) is 14.3. The minimum atomic E-state index is -0.717. The monoisotopic (exact) mass is 429 g/mol.